The van der Waals surface area contributed by atoms with Gasteiger partial charge in [0.05, 0.1) is 12.1 Å². The maximum absolute atomic E-state index is 13.4. The molecule has 0 saturated heterocycles. The van der Waals surface area contributed by atoms with Gasteiger partial charge < -0.3 is 36.4 Å². The number of allylic oxidation sites excluding steroid dienone is 7. The van der Waals surface area contributed by atoms with E-state index < -0.39 is 60.5 Å². The van der Waals surface area contributed by atoms with Gasteiger partial charge in [-0.15, -0.1) is 0 Å². The molecule has 0 radical (unpaired) electrons. The maximum atomic E-state index is 13.4. The summed E-state index contributed by atoms with van der Waals surface area (Å²) in [6.07, 6.45) is 17.7. The highest BCUT2D eigenvalue weighted by Crippen LogP contribution is 2.16. The number of aliphatic hydroxyl groups excluding tert-OH is 1. The molecule has 0 fully saturated rings. The quantitative estimate of drug-likeness (QED) is 0.0361. The fraction of sp³-hybridized carbons (Fsp3) is 0.567. The predicted octanol–water partition coefficient (Wildman–Crippen LogP) is 2.69. The van der Waals surface area contributed by atoms with E-state index >= 15 is 0 Å². The van der Waals surface area contributed by atoms with E-state index in [9.17, 15) is 34.2 Å². The molecular formula is C30H47N3O9S. The van der Waals surface area contributed by atoms with Gasteiger partial charge in [0.2, 0.25) is 11.8 Å². The summed E-state index contributed by atoms with van der Waals surface area (Å²) in [7, 11) is 0. The van der Waals surface area contributed by atoms with Gasteiger partial charge in [-0.05, 0) is 38.5 Å². The Morgan fingerprint density at radius 3 is 2.19 bits per heavy atom. The number of carboxylic acids is 3. The predicted molar refractivity (Wildman–Crippen MR) is 167 cm³/mol. The van der Waals surface area contributed by atoms with Crippen molar-refractivity contribution in [3.63, 3.8) is 0 Å². The number of nitrogens with two attached hydrogens (primary N) is 1. The van der Waals surface area contributed by atoms with Crippen LogP contribution in [-0.2, 0) is 24.0 Å². The molecule has 0 aliphatic carbocycles. The summed E-state index contributed by atoms with van der Waals surface area (Å²) >= 11 is 4.11. The second-order valence-corrected chi connectivity index (χ2v) is 10.3. The van der Waals surface area contributed by atoms with Crippen LogP contribution in [0.1, 0.15) is 71.1 Å². The van der Waals surface area contributed by atoms with Crippen LogP contribution in [-0.4, -0.2) is 91.6 Å². The molecule has 0 aromatic rings. The van der Waals surface area contributed by atoms with Crippen molar-refractivity contribution in [2.75, 3.05) is 12.3 Å². The van der Waals surface area contributed by atoms with Crippen LogP contribution in [0.5, 0.6) is 0 Å². The number of amides is 2. The Labute approximate surface area is 258 Å². The van der Waals surface area contributed by atoms with Crippen LogP contribution >= 0.6 is 12.6 Å². The van der Waals surface area contributed by atoms with Crippen LogP contribution in [0.4, 0.5) is 0 Å². The van der Waals surface area contributed by atoms with E-state index in [-0.39, 0.29) is 37.9 Å². The molecule has 0 aliphatic heterocycles. The number of hydrogen-bond acceptors (Lipinski definition) is 8. The zero-order valence-electron chi connectivity index (χ0n) is 24.7. The van der Waals surface area contributed by atoms with Crippen LogP contribution in [0.15, 0.2) is 48.6 Å². The number of thiol groups is 1. The van der Waals surface area contributed by atoms with E-state index in [1.165, 1.54) is 18.9 Å². The number of nitrogens with one attached hydrogen (secondary N) is 1. The number of carbonyl (C=O) groups is 5. The summed E-state index contributed by atoms with van der Waals surface area (Å²) in [5, 5.41) is 40.7. The Hall–Kier alpha value is -3.42. The number of carbonyl (C=O) groups excluding carboxylic acids is 2. The van der Waals surface area contributed by atoms with Crippen molar-refractivity contribution in [2.24, 2.45) is 5.73 Å². The topological polar surface area (TPSA) is 208 Å². The molecule has 2 amide bonds. The van der Waals surface area contributed by atoms with E-state index in [4.69, 9.17) is 15.9 Å². The summed E-state index contributed by atoms with van der Waals surface area (Å²) in [4.78, 5) is 60.3. The molecule has 4 atom stereocenters. The van der Waals surface area contributed by atoms with Gasteiger partial charge in [-0.3, -0.25) is 24.0 Å². The van der Waals surface area contributed by atoms with Gasteiger partial charge in [0.1, 0.15) is 18.6 Å². The highest BCUT2D eigenvalue weighted by molar-refractivity contribution is 7.80. The number of unbranched alkanes of at least 4 members (excludes halogenated alkanes) is 3. The van der Waals surface area contributed by atoms with Crippen LogP contribution in [0.25, 0.3) is 0 Å². The summed E-state index contributed by atoms with van der Waals surface area (Å²) in [6, 6.07) is -3.73. The van der Waals surface area contributed by atoms with Gasteiger partial charge in [-0.2, -0.15) is 12.6 Å². The van der Waals surface area contributed by atoms with Crippen molar-refractivity contribution >= 4 is 42.4 Å². The van der Waals surface area contributed by atoms with Gasteiger partial charge in [-0.25, -0.2) is 0 Å². The average molecular weight is 626 g/mol. The molecule has 0 rings (SSSR count). The molecule has 0 heterocycles. The monoisotopic (exact) mass is 625 g/mol. The number of hydrogen-bond donors (Lipinski definition) is 7. The minimum Gasteiger partial charge on any atom is -0.481 e. The van der Waals surface area contributed by atoms with Gasteiger partial charge >= 0.3 is 17.9 Å². The van der Waals surface area contributed by atoms with Crippen molar-refractivity contribution in [3.05, 3.63) is 48.6 Å². The number of nitrogens with zero attached hydrogens (tertiary/aromatic N) is 1. The maximum Gasteiger partial charge on any atom is 0.323 e. The van der Waals surface area contributed by atoms with Crippen LogP contribution < -0.4 is 11.1 Å². The molecule has 43 heavy (non-hydrogen) atoms. The van der Waals surface area contributed by atoms with Gasteiger partial charge in [0, 0.05) is 18.6 Å². The molecule has 0 aromatic heterocycles. The smallest absolute Gasteiger partial charge is 0.323 e. The van der Waals surface area contributed by atoms with Crippen molar-refractivity contribution in [1.82, 2.24) is 10.2 Å². The number of aliphatic hydroxyl groups is 1. The van der Waals surface area contributed by atoms with E-state index in [1.807, 2.05) is 12.2 Å². The second kappa shape index (κ2) is 24.1. The third-order valence-electron chi connectivity index (χ3n) is 6.24. The van der Waals surface area contributed by atoms with E-state index in [2.05, 4.69) is 37.0 Å². The standard InChI is InChI=1S/C30H47N3O9S/c1-2-3-4-5-6-7-8-9-10-11-12-13-15-24(25(34)16-14-17-27(36)37)33(20-28(38)39)29(40)23(21-43)32-26(35)19-18-22(31)30(41)42/h6-7,9-13,15,22-25,34,43H,2-5,8,14,16-21,31H2,1H3,(H,32,35)(H,36,37)(H,38,39)(H,41,42)/b7-6-,10-9+,12-11?,15-13?/t22?,23?,24-,25+/m0/s1. The van der Waals surface area contributed by atoms with E-state index in [0.29, 0.717) is 0 Å². The van der Waals surface area contributed by atoms with Crippen LogP contribution in [0, 0.1) is 0 Å². The molecule has 0 spiro atoms. The normalized spacial score (nSPS) is 14.7. The Bertz CT molecular complexity index is 997. The molecular weight excluding hydrogens is 578 g/mol. The van der Waals surface area contributed by atoms with Crippen molar-refractivity contribution in [3.8, 4) is 0 Å². The molecule has 7 N–H and O–H groups in total. The Morgan fingerprint density at radius 1 is 0.884 bits per heavy atom. The van der Waals surface area contributed by atoms with Crippen LogP contribution in [0.3, 0.4) is 0 Å². The van der Waals surface area contributed by atoms with Crippen LogP contribution in [0.2, 0.25) is 0 Å². The summed E-state index contributed by atoms with van der Waals surface area (Å²) in [5.41, 5.74) is 5.42. The zero-order valence-corrected chi connectivity index (χ0v) is 25.6. The SMILES string of the molecule is CCCCC/C=C\C/C=C/C=CC=C[C@@H]([C@H](O)CCCC(=O)O)N(CC(=O)O)C(=O)C(CS)NC(=O)CCC(N)C(=O)O. The van der Waals surface area contributed by atoms with Crippen molar-refractivity contribution < 1.29 is 44.4 Å². The number of aliphatic carboxylic acids is 3. The summed E-state index contributed by atoms with van der Waals surface area (Å²) < 4.78 is 0. The molecule has 13 heteroatoms. The van der Waals surface area contributed by atoms with Gasteiger partial charge in [-0.1, -0.05) is 68.4 Å². The first-order valence-electron chi connectivity index (χ1n) is 14.4. The first-order chi connectivity index (χ1) is 20.4. The largest absolute Gasteiger partial charge is 0.481 e. The fourth-order valence-electron chi connectivity index (χ4n) is 3.88. The lowest BCUT2D eigenvalue weighted by atomic mass is 10.0. The first kappa shape index (κ1) is 39.6. The molecule has 0 bridgehead atoms. The van der Waals surface area contributed by atoms with Crippen molar-refractivity contribution in [2.45, 2.75) is 95.4 Å². The lowest BCUT2D eigenvalue weighted by molar-refractivity contribution is -0.148. The van der Waals surface area contributed by atoms with E-state index in [0.717, 1.165) is 24.2 Å². The molecule has 12 nitrogen and oxygen atoms in total. The fourth-order valence-corrected chi connectivity index (χ4v) is 4.13. The van der Waals surface area contributed by atoms with Gasteiger partial charge in [0.25, 0.3) is 0 Å². The molecule has 2 unspecified atom stereocenters. The Kier molecular flexibility index (Phi) is 22.2. The summed E-state index contributed by atoms with van der Waals surface area (Å²) in [6.45, 7) is 1.34. The first-order valence-corrected chi connectivity index (χ1v) is 15.0. The lowest BCUT2D eigenvalue weighted by Crippen LogP contribution is -2.56. The summed E-state index contributed by atoms with van der Waals surface area (Å²) in [5.74, 6) is -5.46. The molecule has 0 aliphatic rings. The highest BCUT2D eigenvalue weighted by atomic mass is 32.1. The lowest BCUT2D eigenvalue weighted by Gasteiger charge is -2.34. The molecule has 242 valence electrons. The minimum absolute atomic E-state index is 0.0378. The molecule has 0 saturated carbocycles. The molecule has 0 aromatic carbocycles. The number of carboxylic acid groups (broad SMARTS) is 3. The third kappa shape index (κ3) is 19.4. The Morgan fingerprint density at radius 2 is 1.58 bits per heavy atom. The third-order valence-corrected chi connectivity index (χ3v) is 6.60. The average Bonchev–Trinajstić information content (AvgIpc) is 2.95. The van der Waals surface area contributed by atoms with Gasteiger partial charge in [0.15, 0.2) is 0 Å². The second-order valence-electron chi connectivity index (χ2n) is 9.89. The van der Waals surface area contributed by atoms with E-state index in [1.54, 1.807) is 18.2 Å². The minimum atomic E-state index is -1.37. The Balaban J connectivity index is 5.74. The zero-order chi connectivity index (χ0) is 32.6. The highest BCUT2D eigenvalue weighted by Gasteiger charge is 2.34. The van der Waals surface area contributed by atoms with Crippen molar-refractivity contribution in [1.29, 1.82) is 0 Å². The number of rotatable bonds is 24.